The first-order valence-electron chi connectivity index (χ1n) is 8.23. The van der Waals surface area contributed by atoms with Crippen molar-refractivity contribution < 1.29 is 36.3 Å². The zero-order valence-electron chi connectivity index (χ0n) is 14.2. The molecule has 0 atom stereocenters. The maximum Gasteiger partial charge on any atom is 0.533 e. The molecule has 0 saturated carbocycles. The predicted molar refractivity (Wildman–Crippen MR) is 80.9 cm³/mol. The zero-order valence-corrected chi connectivity index (χ0v) is 14.2. The number of rotatable bonds is 6. The fourth-order valence-corrected chi connectivity index (χ4v) is 2.51. The van der Waals surface area contributed by atoms with E-state index in [0.717, 1.165) is 25.8 Å². The van der Waals surface area contributed by atoms with Crippen molar-refractivity contribution in [2.45, 2.75) is 26.2 Å². The van der Waals surface area contributed by atoms with Crippen LogP contribution in [0.3, 0.4) is 0 Å². The van der Waals surface area contributed by atoms with Gasteiger partial charge in [0.1, 0.15) is 0 Å². The van der Waals surface area contributed by atoms with Crippen molar-refractivity contribution in [1.82, 2.24) is 9.96 Å². The molecule has 1 fully saturated rings. The Labute approximate surface area is 147 Å². The van der Waals surface area contributed by atoms with E-state index in [4.69, 9.17) is 4.84 Å². The quantitative estimate of drug-likeness (QED) is 0.188. The number of piperazine rings is 1. The average Bonchev–Trinajstić information content (AvgIpc) is 2.63. The predicted octanol–water partition coefficient (Wildman–Crippen LogP) is 3.62. The Morgan fingerprint density at radius 1 is 0.885 bits per heavy atom. The van der Waals surface area contributed by atoms with Crippen molar-refractivity contribution in [3.8, 4) is 5.75 Å². The van der Waals surface area contributed by atoms with Gasteiger partial charge in [0.25, 0.3) is 0 Å². The lowest BCUT2D eigenvalue weighted by molar-refractivity contribution is -0.137. The maximum atomic E-state index is 13.5. The fraction of sp³-hybridized carbons (Fsp3) is 0.562. The average molecular weight is 382 g/mol. The van der Waals surface area contributed by atoms with E-state index >= 15 is 0 Å². The van der Waals surface area contributed by atoms with Gasteiger partial charge in [-0.3, -0.25) is 0 Å². The first-order valence-corrected chi connectivity index (χ1v) is 8.23. The Bertz CT molecular complexity index is 622. The molecule has 2 rings (SSSR count). The van der Waals surface area contributed by atoms with E-state index in [1.54, 1.807) is 0 Å². The molecule has 1 aromatic rings. The van der Waals surface area contributed by atoms with Gasteiger partial charge in [0.2, 0.25) is 34.8 Å². The van der Waals surface area contributed by atoms with Gasteiger partial charge in [-0.15, -0.1) is 5.06 Å². The molecule has 0 amide bonds. The molecular weight excluding hydrogens is 363 g/mol. The van der Waals surface area contributed by atoms with E-state index in [1.807, 2.05) is 0 Å². The number of carbonyl (C=O) groups excluding carboxylic acids is 1. The maximum absolute atomic E-state index is 13.5. The molecule has 0 spiro atoms. The topological polar surface area (TPSA) is 42.0 Å². The lowest BCUT2D eigenvalue weighted by Gasteiger charge is -2.32. The van der Waals surface area contributed by atoms with E-state index < -0.39 is 41.0 Å². The minimum absolute atomic E-state index is 0.332. The van der Waals surface area contributed by atoms with E-state index in [-0.39, 0.29) is 0 Å². The minimum atomic E-state index is -2.33. The number of hydrogen-bond donors (Lipinski definition) is 0. The van der Waals surface area contributed by atoms with Crippen LogP contribution in [0, 0.1) is 29.1 Å². The first-order chi connectivity index (χ1) is 12.3. The highest BCUT2D eigenvalue weighted by atomic mass is 19.2. The summed E-state index contributed by atoms with van der Waals surface area (Å²) in [4.78, 5) is 18.5. The van der Waals surface area contributed by atoms with Crippen LogP contribution < -0.4 is 4.74 Å². The third-order valence-corrected chi connectivity index (χ3v) is 3.97. The molecular formula is C16H19F5N2O3. The zero-order chi connectivity index (χ0) is 19.3. The molecule has 26 heavy (non-hydrogen) atoms. The summed E-state index contributed by atoms with van der Waals surface area (Å²) in [5, 5.41) is 1.21. The molecule has 1 aliphatic rings. The third-order valence-electron chi connectivity index (χ3n) is 3.97. The van der Waals surface area contributed by atoms with Gasteiger partial charge in [-0.2, -0.15) is 8.78 Å². The molecule has 0 N–H and O–H groups in total. The van der Waals surface area contributed by atoms with E-state index in [1.165, 1.54) is 5.06 Å². The molecule has 1 saturated heterocycles. The number of nitrogens with zero attached hydrogens (tertiary/aromatic N) is 2. The van der Waals surface area contributed by atoms with Gasteiger partial charge in [-0.05, 0) is 13.0 Å². The van der Waals surface area contributed by atoms with Crippen LogP contribution in [0.25, 0.3) is 0 Å². The Hall–Kier alpha value is -1.94. The highest BCUT2D eigenvalue weighted by molar-refractivity contribution is 5.63. The minimum Gasteiger partial charge on any atom is -0.387 e. The Balaban J connectivity index is 1.89. The second-order valence-electron chi connectivity index (χ2n) is 5.82. The standard InChI is InChI=1S/C16H19F5N2O3/c1-2-3-4-5-22-6-8-23(9-7-22)26-16(24)25-15-13(20)11(18)10(17)12(19)14(15)21/h2-9H2,1H3. The Morgan fingerprint density at radius 2 is 1.42 bits per heavy atom. The number of hydrogen-bond acceptors (Lipinski definition) is 5. The highest BCUT2D eigenvalue weighted by Gasteiger charge is 2.30. The summed E-state index contributed by atoms with van der Waals surface area (Å²) in [5.74, 6) is -12.9. The summed E-state index contributed by atoms with van der Waals surface area (Å²) in [5.41, 5.74) is 0. The number of hydroxylamine groups is 2. The second kappa shape index (κ2) is 9.13. The van der Waals surface area contributed by atoms with Gasteiger partial charge in [-0.25, -0.2) is 18.0 Å². The SMILES string of the molecule is CCCCCN1CCN(OC(=O)Oc2c(F)c(F)c(F)c(F)c2F)CC1. The fourth-order valence-electron chi connectivity index (χ4n) is 2.51. The van der Waals surface area contributed by atoms with Crippen molar-refractivity contribution in [2.24, 2.45) is 0 Å². The second-order valence-corrected chi connectivity index (χ2v) is 5.82. The van der Waals surface area contributed by atoms with Crippen LogP contribution in [0.5, 0.6) is 5.75 Å². The number of carbonyl (C=O) groups is 1. The molecule has 1 aliphatic heterocycles. The molecule has 0 unspecified atom stereocenters. The smallest absolute Gasteiger partial charge is 0.387 e. The molecule has 0 aromatic heterocycles. The van der Waals surface area contributed by atoms with Gasteiger partial charge >= 0.3 is 6.16 Å². The van der Waals surface area contributed by atoms with Gasteiger partial charge in [-0.1, -0.05) is 19.8 Å². The summed E-state index contributed by atoms with van der Waals surface area (Å²) in [7, 11) is 0. The van der Waals surface area contributed by atoms with Crippen molar-refractivity contribution in [3.05, 3.63) is 29.1 Å². The lowest BCUT2D eigenvalue weighted by atomic mass is 10.2. The van der Waals surface area contributed by atoms with Gasteiger partial charge in [0.15, 0.2) is 0 Å². The normalized spacial score (nSPS) is 15.9. The van der Waals surface area contributed by atoms with Crippen LogP contribution in [0.15, 0.2) is 0 Å². The molecule has 10 heteroatoms. The molecule has 146 valence electrons. The number of halogens is 5. The van der Waals surface area contributed by atoms with Crippen molar-refractivity contribution in [2.75, 3.05) is 32.7 Å². The molecule has 0 bridgehead atoms. The van der Waals surface area contributed by atoms with Crippen LogP contribution >= 0.6 is 0 Å². The molecule has 1 heterocycles. The van der Waals surface area contributed by atoms with Gasteiger partial charge in [0.05, 0.1) is 0 Å². The first kappa shape index (κ1) is 20.4. The Kier molecular flexibility index (Phi) is 7.15. The lowest BCUT2D eigenvalue weighted by Crippen LogP contribution is -2.47. The number of unbranched alkanes of at least 4 members (excludes halogenated alkanes) is 2. The van der Waals surface area contributed by atoms with Crippen LogP contribution in [-0.2, 0) is 4.84 Å². The van der Waals surface area contributed by atoms with Crippen LogP contribution in [0.4, 0.5) is 26.7 Å². The van der Waals surface area contributed by atoms with Gasteiger partial charge < -0.3 is 14.5 Å². The highest BCUT2D eigenvalue weighted by Crippen LogP contribution is 2.29. The van der Waals surface area contributed by atoms with Crippen molar-refractivity contribution in [3.63, 3.8) is 0 Å². The van der Waals surface area contributed by atoms with Crippen LogP contribution in [-0.4, -0.2) is 48.8 Å². The van der Waals surface area contributed by atoms with E-state index in [0.29, 0.717) is 26.2 Å². The molecule has 0 radical (unpaired) electrons. The van der Waals surface area contributed by atoms with Crippen LogP contribution in [0.1, 0.15) is 26.2 Å². The summed E-state index contributed by atoms with van der Waals surface area (Å²) in [6, 6.07) is 0. The van der Waals surface area contributed by atoms with E-state index in [9.17, 15) is 26.7 Å². The molecule has 0 aliphatic carbocycles. The largest absolute Gasteiger partial charge is 0.533 e. The molecule has 5 nitrogen and oxygen atoms in total. The summed E-state index contributed by atoms with van der Waals surface area (Å²) in [6.45, 7) is 4.90. The summed E-state index contributed by atoms with van der Waals surface area (Å²) >= 11 is 0. The molecule has 1 aromatic carbocycles. The monoisotopic (exact) mass is 382 g/mol. The van der Waals surface area contributed by atoms with Crippen LogP contribution in [0.2, 0.25) is 0 Å². The van der Waals surface area contributed by atoms with Crippen molar-refractivity contribution in [1.29, 1.82) is 0 Å². The number of ether oxygens (including phenoxy) is 1. The number of benzene rings is 1. The summed E-state index contributed by atoms with van der Waals surface area (Å²) < 4.78 is 70.2. The van der Waals surface area contributed by atoms with Crippen molar-refractivity contribution >= 4 is 6.16 Å². The third kappa shape index (κ3) is 4.82. The summed E-state index contributed by atoms with van der Waals surface area (Å²) in [6.07, 6.45) is 1.70. The van der Waals surface area contributed by atoms with E-state index in [2.05, 4.69) is 16.6 Å². The Morgan fingerprint density at radius 3 is 1.96 bits per heavy atom. The van der Waals surface area contributed by atoms with Gasteiger partial charge in [0, 0.05) is 26.2 Å².